The van der Waals surface area contributed by atoms with Crippen molar-refractivity contribution in [3.05, 3.63) is 12.2 Å². The SMILES string of the molecule is CC(O)COCCOCCOCCOCCOCCOCCOCCO.O=C(O)C=CC(=O)O. The highest BCUT2D eigenvalue weighted by atomic mass is 16.6. The van der Waals surface area contributed by atoms with Crippen LogP contribution in [0.3, 0.4) is 0 Å². The lowest BCUT2D eigenvalue weighted by Gasteiger charge is -2.08. The maximum atomic E-state index is 9.55. The molecule has 0 spiro atoms. The van der Waals surface area contributed by atoms with Gasteiger partial charge in [-0.15, -0.1) is 0 Å². The van der Waals surface area contributed by atoms with Crippen molar-refractivity contribution in [3.63, 3.8) is 0 Å². The minimum absolute atomic E-state index is 0.0307. The van der Waals surface area contributed by atoms with Crippen molar-refractivity contribution in [2.75, 3.05) is 99.1 Å². The van der Waals surface area contributed by atoms with Crippen LogP contribution in [0.1, 0.15) is 6.92 Å². The average molecular weight is 501 g/mol. The van der Waals surface area contributed by atoms with Gasteiger partial charge >= 0.3 is 11.9 Å². The van der Waals surface area contributed by atoms with E-state index in [2.05, 4.69) is 0 Å². The first kappa shape index (κ1) is 34.5. The van der Waals surface area contributed by atoms with Gasteiger partial charge in [-0.05, 0) is 6.92 Å². The number of hydrogen-bond acceptors (Lipinski definition) is 11. The summed E-state index contributed by atoms with van der Waals surface area (Å²) in [4.78, 5) is 19.1. The van der Waals surface area contributed by atoms with Crippen LogP contribution < -0.4 is 0 Å². The van der Waals surface area contributed by atoms with Gasteiger partial charge in [0, 0.05) is 12.2 Å². The van der Waals surface area contributed by atoms with Gasteiger partial charge in [0.25, 0.3) is 0 Å². The van der Waals surface area contributed by atoms with E-state index in [1.54, 1.807) is 6.92 Å². The van der Waals surface area contributed by atoms with Gasteiger partial charge in [0.1, 0.15) is 0 Å². The van der Waals surface area contributed by atoms with E-state index in [1.165, 1.54) is 0 Å². The van der Waals surface area contributed by atoms with Crippen LogP contribution in [0.15, 0.2) is 12.2 Å². The predicted octanol–water partition coefficient (Wildman–Crippen LogP) is -0.812. The zero-order chi connectivity index (χ0) is 25.7. The third-order valence-corrected chi connectivity index (χ3v) is 3.20. The maximum Gasteiger partial charge on any atom is 0.328 e. The predicted molar refractivity (Wildman–Crippen MR) is 119 cm³/mol. The third kappa shape index (κ3) is 37.6. The first-order chi connectivity index (χ1) is 16.4. The van der Waals surface area contributed by atoms with Crippen LogP contribution in [0, 0.1) is 0 Å². The summed E-state index contributed by atoms with van der Waals surface area (Å²) in [5, 5.41) is 33.1. The van der Waals surface area contributed by atoms with E-state index in [0.29, 0.717) is 105 Å². The molecular formula is C21H40O13. The van der Waals surface area contributed by atoms with Crippen LogP contribution in [0.5, 0.6) is 0 Å². The molecule has 0 aliphatic carbocycles. The Morgan fingerprint density at radius 1 is 0.588 bits per heavy atom. The summed E-state index contributed by atoms with van der Waals surface area (Å²) >= 11 is 0. The van der Waals surface area contributed by atoms with Gasteiger partial charge in [0.15, 0.2) is 0 Å². The fraction of sp³-hybridized carbons (Fsp3) is 0.810. The number of rotatable bonds is 24. The van der Waals surface area contributed by atoms with E-state index >= 15 is 0 Å². The summed E-state index contributed by atoms with van der Waals surface area (Å²) in [5.74, 6) is -2.51. The van der Waals surface area contributed by atoms with Crippen LogP contribution in [0.2, 0.25) is 0 Å². The smallest absolute Gasteiger partial charge is 0.328 e. The van der Waals surface area contributed by atoms with Crippen LogP contribution >= 0.6 is 0 Å². The van der Waals surface area contributed by atoms with Crippen molar-refractivity contribution < 1.29 is 63.2 Å². The Labute approximate surface area is 200 Å². The summed E-state index contributed by atoms with van der Waals surface area (Å²) in [6.07, 6.45) is 0.671. The van der Waals surface area contributed by atoms with E-state index in [1.807, 2.05) is 0 Å². The van der Waals surface area contributed by atoms with Crippen molar-refractivity contribution in [2.24, 2.45) is 0 Å². The molecule has 0 rings (SSSR count). The summed E-state index contributed by atoms with van der Waals surface area (Å²) in [6, 6.07) is 0. The lowest BCUT2D eigenvalue weighted by molar-refractivity contribution is -0.134. The molecule has 34 heavy (non-hydrogen) atoms. The maximum absolute atomic E-state index is 9.55. The van der Waals surface area contributed by atoms with Gasteiger partial charge in [-0.2, -0.15) is 0 Å². The molecule has 13 nitrogen and oxygen atoms in total. The molecule has 0 radical (unpaired) electrons. The van der Waals surface area contributed by atoms with Crippen molar-refractivity contribution >= 4 is 11.9 Å². The summed E-state index contributed by atoms with van der Waals surface area (Å²) in [5.41, 5.74) is 0. The molecular weight excluding hydrogens is 460 g/mol. The summed E-state index contributed by atoms with van der Waals surface area (Å²) in [7, 11) is 0. The van der Waals surface area contributed by atoms with Gasteiger partial charge in [0.05, 0.1) is 105 Å². The van der Waals surface area contributed by atoms with Crippen molar-refractivity contribution in [3.8, 4) is 0 Å². The number of aliphatic carboxylic acids is 2. The molecule has 0 saturated carbocycles. The molecule has 13 heteroatoms. The molecule has 0 aromatic rings. The molecule has 0 amide bonds. The highest BCUT2D eigenvalue weighted by Gasteiger charge is 1.96. The Morgan fingerprint density at radius 2 is 0.853 bits per heavy atom. The lowest BCUT2D eigenvalue weighted by atomic mass is 10.4. The second kappa shape index (κ2) is 29.4. The number of aliphatic hydroxyl groups is 2. The van der Waals surface area contributed by atoms with Crippen LogP contribution in [-0.4, -0.2) is 138 Å². The largest absolute Gasteiger partial charge is 0.478 e. The van der Waals surface area contributed by atoms with Crippen LogP contribution in [0.4, 0.5) is 0 Å². The zero-order valence-electron chi connectivity index (χ0n) is 19.8. The van der Waals surface area contributed by atoms with Crippen LogP contribution in [-0.2, 0) is 42.7 Å². The number of carbonyl (C=O) groups is 2. The standard InChI is InChI=1S/C17H36O9.C4H4O4/c1-17(19)16-26-15-14-25-13-12-24-11-10-23-9-8-22-7-6-21-5-4-20-3-2-18;5-3(6)1-2-4(7)8/h17-19H,2-16H2,1H3;1-2H,(H,5,6)(H,7,8). The van der Waals surface area contributed by atoms with E-state index in [-0.39, 0.29) is 6.61 Å². The first-order valence-corrected chi connectivity index (χ1v) is 10.9. The Kier molecular flexibility index (Phi) is 29.8. The van der Waals surface area contributed by atoms with E-state index in [0.717, 1.165) is 0 Å². The fourth-order valence-electron chi connectivity index (χ4n) is 1.78. The normalized spacial score (nSPS) is 11.9. The Hall–Kier alpha value is -1.68. The van der Waals surface area contributed by atoms with Gasteiger partial charge in [0.2, 0.25) is 0 Å². The molecule has 1 unspecified atom stereocenters. The topological polar surface area (TPSA) is 180 Å². The molecule has 0 aliphatic heterocycles. The van der Waals surface area contributed by atoms with Crippen LogP contribution in [0.25, 0.3) is 0 Å². The Morgan fingerprint density at radius 3 is 1.09 bits per heavy atom. The number of hydrogen-bond donors (Lipinski definition) is 4. The minimum Gasteiger partial charge on any atom is -0.478 e. The van der Waals surface area contributed by atoms with Gasteiger partial charge in [-0.1, -0.05) is 0 Å². The molecule has 1 atom stereocenters. The summed E-state index contributed by atoms with van der Waals surface area (Å²) < 4.78 is 36.9. The molecule has 0 bridgehead atoms. The number of carboxylic acids is 2. The van der Waals surface area contributed by atoms with Crippen molar-refractivity contribution in [1.29, 1.82) is 0 Å². The van der Waals surface area contributed by atoms with Gasteiger partial charge < -0.3 is 53.6 Å². The van der Waals surface area contributed by atoms with E-state index in [4.69, 9.17) is 53.6 Å². The number of aliphatic hydroxyl groups excluding tert-OH is 2. The van der Waals surface area contributed by atoms with Crippen molar-refractivity contribution in [2.45, 2.75) is 13.0 Å². The second-order valence-electron chi connectivity index (χ2n) is 6.33. The minimum atomic E-state index is -1.26. The first-order valence-electron chi connectivity index (χ1n) is 10.9. The van der Waals surface area contributed by atoms with E-state index < -0.39 is 18.0 Å². The number of ether oxygens (including phenoxy) is 7. The average Bonchev–Trinajstić information content (AvgIpc) is 2.79. The molecule has 0 aromatic heterocycles. The van der Waals surface area contributed by atoms with Crippen molar-refractivity contribution in [1.82, 2.24) is 0 Å². The fourth-order valence-corrected chi connectivity index (χ4v) is 1.78. The second-order valence-corrected chi connectivity index (χ2v) is 6.33. The highest BCUT2D eigenvalue weighted by molar-refractivity contribution is 5.89. The zero-order valence-corrected chi connectivity index (χ0v) is 19.8. The highest BCUT2D eigenvalue weighted by Crippen LogP contribution is 1.86. The van der Waals surface area contributed by atoms with E-state index in [9.17, 15) is 9.59 Å². The van der Waals surface area contributed by atoms with Gasteiger partial charge in [-0.3, -0.25) is 0 Å². The molecule has 4 N–H and O–H groups in total. The molecule has 0 heterocycles. The molecule has 0 fully saturated rings. The summed E-state index contributed by atoms with van der Waals surface area (Å²) in [6.45, 7) is 8.40. The quantitative estimate of drug-likeness (QED) is 0.0955. The monoisotopic (exact) mass is 500 g/mol. The molecule has 202 valence electrons. The Bertz CT molecular complexity index is 456. The Balaban J connectivity index is 0. The molecule has 0 aliphatic rings. The number of carboxylic acid groups (broad SMARTS) is 2. The molecule has 0 aromatic carbocycles. The third-order valence-electron chi connectivity index (χ3n) is 3.20. The lowest BCUT2D eigenvalue weighted by Crippen LogP contribution is -2.16. The molecule has 0 saturated heterocycles. The van der Waals surface area contributed by atoms with Gasteiger partial charge in [-0.25, -0.2) is 9.59 Å².